The average molecular weight is 228 g/mol. The van der Waals surface area contributed by atoms with Gasteiger partial charge in [0.1, 0.15) is 5.54 Å². The van der Waals surface area contributed by atoms with Crippen LogP contribution in [-0.4, -0.2) is 50.2 Å². The first kappa shape index (κ1) is 13.5. The summed E-state index contributed by atoms with van der Waals surface area (Å²) in [5.41, 5.74) is -0.598. The van der Waals surface area contributed by atoms with Crippen LogP contribution in [0.3, 0.4) is 0 Å². The van der Waals surface area contributed by atoms with Crippen LogP contribution in [0.5, 0.6) is 0 Å². The molecule has 0 saturated heterocycles. The summed E-state index contributed by atoms with van der Waals surface area (Å²) >= 11 is 0. The third-order valence-electron chi connectivity index (χ3n) is 3.13. The van der Waals surface area contributed by atoms with Crippen molar-refractivity contribution in [3.8, 4) is 0 Å². The van der Waals surface area contributed by atoms with Crippen molar-refractivity contribution < 1.29 is 9.53 Å². The van der Waals surface area contributed by atoms with Gasteiger partial charge in [0.05, 0.1) is 6.61 Å². The van der Waals surface area contributed by atoms with E-state index in [1.807, 2.05) is 20.9 Å². The summed E-state index contributed by atoms with van der Waals surface area (Å²) in [5, 5.41) is 3.07. The van der Waals surface area contributed by atoms with Crippen molar-refractivity contribution in [3.05, 3.63) is 0 Å². The zero-order valence-corrected chi connectivity index (χ0v) is 10.9. The minimum atomic E-state index is -0.598. The van der Waals surface area contributed by atoms with Crippen LogP contribution in [0.25, 0.3) is 0 Å². The van der Waals surface area contributed by atoms with Gasteiger partial charge in [-0.2, -0.15) is 0 Å². The van der Waals surface area contributed by atoms with Crippen molar-refractivity contribution in [2.75, 3.05) is 33.8 Å². The monoisotopic (exact) mass is 228 g/mol. The zero-order chi connectivity index (χ0) is 12.2. The molecule has 0 aromatic carbocycles. The molecule has 0 heterocycles. The number of carbonyl (C=O) groups excluding carboxylic acids is 1. The number of nitrogens with zero attached hydrogens (tertiary/aromatic N) is 1. The number of hydrogen-bond donors (Lipinski definition) is 1. The fourth-order valence-corrected chi connectivity index (χ4v) is 1.88. The standard InChI is InChI=1S/C12H24N2O2/c1-5-16-11(15)12(2,13-3)9-14(4)8-10-6-7-10/h10,13H,5-9H2,1-4H3. The van der Waals surface area contributed by atoms with Crippen LogP contribution in [0.4, 0.5) is 0 Å². The highest BCUT2D eigenvalue weighted by molar-refractivity contribution is 5.80. The van der Waals surface area contributed by atoms with Crippen LogP contribution in [0.15, 0.2) is 0 Å². The lowest BCUT2D eigenvalue weighted by Crippen LogP contribution is -2.55. The lowest BCUT2D eigenvalue weighted by Gasteiger charge is -2.31. The SMILES string of the molecule is CCOC(=O)C(C)(CN(C)CC1CC1)NC. The van der Waals surface area contributed by atoms with E-state index in [0.717, 1.165) is 12.5 Å². The van der Waals surface area contributed by atoms with Crippen molar-refractivity contribution in [1.82, 2.24) is 10.2 Å². The van der Waals surface area contributed by atoms with E-state index in [0.29, 0.717) is 13.2 Å². The van der Waals surface area contributed by atoms with E-state index in [-0.39, 0.29) is 5.97 Å². The highest BCUT2D eigenvalue weighted by Gasteiger charge is 2.35. The fraction of sp³-hybridized carbons (Fsp3) is 0.917. The van der Waals surface area contributed by atoms with Crippen molar-refractivity contribution in [1.29, 1.82) is 0 Å². The molecule has 0 bridgehead atoms. The van der Waals surface area contributed by atoms with Gasteiger partial charge in [0.25, 0.3) is 0 Å². The van der Waals surface area contributed by atoms with E-state index in [4.69, 9.17) is 4.74 Å². The average Bonchev–Trinajstić information content (AvgIpc) is 3.01. The third-order valence-corrected chi connectivity index (χ3v) is 3.13. The number of ether oxygens (including phenoxy) is 1. The molecule has 0 radical (unpaired) electrons. The Morgan fingerprint density at radius 3 is 2.62 bits per heavy atom. The number of rotatable bonds is 7. The molecule has 1 fully saturated rings. The normalized spacial score (nSPS) is 19.6. The topological polar surface area (TPSA) is 41.6 Å². The molecule has 1 saturated carbocycles. The molecule has 1 unspecified atom stereocenters. The van der Waals surface area contributed by atoms with Crippen molar-refractivity contribution >= 4 is 5.97 Å². The van der Waals surface area contributed by atoms with Crippen molar-refractivity contribution in [3.63, 3.8) is 0 Å². The van der Waals surface area contributed by atoms with E-state index < -0.39 is 5.54 Å². The molecular weight excluding hydrogens is 204 g/mol. The van der Waals surface area contributed by atoms with Gasteiger partial charge in [-0.3, -0.25) is 4.79 Å². The Kier molecular flexibility index (Phi) is 4.74. The summed E-state index contributed by atoms with van der Waals surface area (Å²) in [7, 11) is 3.87. The second-order valence-corrected chi connectivity index (χ2v) is 4.94. The Bertz CT molecular complexity index is 241. The molecule has 16 heavy (non-hydrogen) atoms. The molecule has 1 atom stereocenters. The highest BCUT2D eigenvalue weighted by Crippen LogP contribution is 2.29. The smallest absolute Gasteiger partial charge is 0.327 e. The fourth-order valence-electron chi connectivity index (χ4n) is 1.88. The molecule has 4 heteroatoms. The number of likely N-dealkylation sites (N-methyl/N-ethyl adjacent to an activating group) is 2. The molecule has 1 aliphatic rings. The molecule has 1 N–H and O–H groups in total. The van der Waals surface area contributed by atoms with Gasteiger partial charge in [0.15, 0.2) is 0 Å². The third kappa shape index (κ3) is 3.76. The Balaban J connectivity index is 2.46. The maximum absolute atomic E-state index is 11.8. The molecule has 0 aromatic heterocycles. The number of esters is 1. The zero-order valence-electron chi connectivity index (χ0n) is 10.9. The Labute approximate surface area is 98.3 Å². The Morgan fingerprint density at radius 2 is 2.19 bits per heavy atom. The molecule has 1 aliphatic carbocycles. The van der Waals surface area contributed by atoms with Crippen LogP contribution in [0, 0.1) is 5.92 Å². The summed E-state index contributed by atoms with van der Waals surface area (Å²) < 4.78 is 5.09. The van der Waals surface area contributed by atoms with Crippen LogP contribution in [0.2, 0.25) is 0 Å². The second-order valence-electron chi connectivity index (χ2n) is 4.94. The quantitative estimate of drug-likeness (QED) is 0.657. The van der Waals surface area contributed by atoms with Gasteiger partial charge < -0.3 is 15.0 Å². The second kappa shape index (κ2) is 5.64. The van der Waals surface area contributed by atoms with E-state index in [9.17, 15) is 4.79 Å². The van der Waals surface area contributed by atoms with Gasteiger partial charge >= 0.3 is 5.97 Å². The van der Waals surface area contributed by atoms with Crippen molar-refractivity contribution in [2.24, 2.45) is 5.92 Å². The van der Waals surface area contributed by atoms with Gasteiger partial charge in [-0.1, -0.05) is 0 Å². The summed E-state index contributed by atoms with van der Waals surface area (Å²) in [6.45, 7) is 5.94. The minimum Gasteiger partial charge on any atom is -0.465 e. The first-order valence-electron chi connectivity index (χ1n) is 6.06. The van der Waals surface area contributed by atoms with Gasteiger partial charge in [0.2, 0.25) is 0 Å². The van der Waals surface area contributed by atoms with E-state index >= 15 is 0 Å². The molecular formula is C12H24N2O2. The molecule has 0 aliphatic heterocycles. The largest absolute Gasteiger partial charge is 0.465 e. The van der Waals surface area contributed by atoms with Crippen molar-refractivity contribution in [2.45, 2.75) is 32.2 Å². The van der Waals surface area contributed by atoms with Gasteiger partial charge in [-0.25, -0.2) is 0 Å². The van der Waals surface area contributed by atoms with Gasteiger partial charge in [-0.05, 0) is 46.7 Å². The Hall–Kier alpha value is -0.610. The summed E-state index contributed by atoms with van der Waals surface area (Å²) in [4.78, 5) is 14.0. The molecule has 4 nitrogen and oxygen atoms in total. The van der Waals surface area contributed by atoms with Gasteiger partial charge in [-0.15, -0.1) is 0 Å². The first-order chi connectivity index (χ1) is 7.51. The first-order valence-corrected chi connectivity index (χ1v) is 6.06. The molecule has 0 spiro atoms. The summed E-state index contributed by atoms with van der Waals surface area (Å²) in [5.74, 6) is 0.674. The van der Waals surface area contributed by atoms with Crippen LogP contribution in [0.1, 0.15) is 26.7 Å². The number of hydrogen-bond acceptors (Lipinski definition) is 4. The predicted molar refractivity (Wildman–Crippen MR) is 64.3 cm³/mol. The molecule has 0 amide bonds. The van der Waals surface area contributed by atoms with Crippen LogP contribution in [-0.2, 0) is 9.53 Å². The molecule has 94 valence electrons. The lowest BCUT2D eigenvalue weighted by molar-refractivity contribution is -0.151. The number of carbonyl (C=O) groups is 1. The number of nitrogens with one attached hydrogen (secondary N) is 1. The highest BCUT2D eigenvalue weighted by atomic mass is 16.5. The van der Waals surface area contributed by atoms with Crippen LogP contribution >= 0.6 is 0 Å². The summed E-state index contributed by atoms with van der Waals surface area (Å²) in [6, 6.07) is 0. The minimum absolute atomic E-state index is 0.167. The van der Waals surface area contributed by atoms with Gasteiger partial charge in [0, 0.05) is 13.1 Å². The maximum atomic E-state index is 11.8. The van der Waals surface area contributed by atoms with E-state index in [2.05, 4.69) is 17.3 Å². The predicted octanol–water partition coefficient (Wildman–Crippen LogP) is 0.869. The van der Waals surface area contributed by atoms with E-state index in [1.54, 1.807) is 0 Å². The lowest BCUT2D eigenvalue weighted by atomic mass is 10.0. The summed E-state index contributed by atoms with van der Waals surface area (Å²) in [6.07, 6.45) is 2.67. The molecule has 1 rings (SSSR count). The molecule has 0 aromatic rings. The maximum Gasteiger partial charge on any atom is 0.327 e. The van der Waals surface area contributed by atoms with Crippen LogP contribution < -0.4 is 5.32 Å². The Morgan fingerprint density at radius 1 is 1.56 bits per heavy atom. The van der Waals surface area contributed by atoms with E-state index in [1.165, 1.54) is 12.8 Å².